The Morgan fingerprint density at radius 2 is 2.21 bits per heavy atom. The van der Waals surface area contributed by atoms with Crippen molar-refractivity contribution in [3.05, 3.63) is 23.8 Å². The highest BCUT2D eigenvalue weighted by atomic mass is 17.1. The van der Waals surface area contributed by atoms with Gasteiger partial charge in [-0.3, -0.25) is 5.26 Å². The van der Waals surface area contributed by atoms with Gasteiger partial charge in [0.1, 0.15) is 5.75 Å². The van der Waals surface area contributed by atoms with Gasteiger partial charge in [0.2, 0.25) is 0 Å². The number of anilines is 1. The lowest BCUT2D eigenvalue weighted by Crippen LogP contribution is -2.18. The van der Waals surface area contributed by atoms with Crippen molar-refractivity contribution in [2.75, 3.05) is 18.9 Å². The predicted molar refractivity (Wildman–Crippen MR) is 52.8 cm³/mol. The first-order chi connectivity index (χ1) is 6.74. The molecule has 0 atom stereocenters. The van der Waals surface area contributed by atoms with E-state index in [4.69, 9.17) is 11.0 Å². The number of rotatable bonds is 5. The van der Waals surface area contributed by atoms with Crippen LogP contribution in [0.4, 0.5) is 5.69 Å². The molecule has 0 amide bonds. The molecule has 0 aliphatic heterocycles. The van der Waals surface area contributed by atoms with E-state index in [1.165, 1.54) is 0 Å². The van der Waals surface area contributed by atoms with Crippen LogP contribution in [0.25, 0.3) is 0 Å². The van der Waals surface area contributed by atoms with Gasteiger partial charge in [0.05, 0.1) is 6.61 Å². The van der Waals surface area contributed by atoms with Gasteiger partial charge in [-0.1, -0.05) is 0 Å². The van der Waals surface area contributed by atoms with Crippen LogP contribution >= 0.6 is 0 Å². The van der Waals surface area contributed by atoms with E-state index in [9.17, 15) is 5.11 Å². The van der Waals surface area contributed by atoms with E-state index in [0.717, 1.165) is 5.56 Å². The zero-order valence-corrected chi connectivity index (χ0v) is 7.73. The summed E-state index contributed by atoms with van der Waals surface area (Å²) in [5.74, 6) is 0.205. The van der Waals surface area contributed by atoms with Gasteiger partial charge in [0.25, 0.3) is 0 Å². The van der Waals surface area contributed by atoms with Crippen molar-refractivity contribution in [1.29, 1.82) is 0 Å². The van der Waals surface area contributed by atoms with E-state index in [0.29, 0.717) is 18.8 Å². The molecule has 14 heavy (non-hydrogen) atoms. The van der Waals surface area contributed by atoms with Crippen LogP contribution < -0.4 is 11.1 Å². The maximum absolute atomic E-state index is 9.42. The number of aromatic hydroxyl groups is 1. The quantitative estimate of drug-likeness (QED) is 0.182. The Hall–Kier alpha value is -1.30. The Morgan fingerprint density at radius 3 is 2.93 bits per heavy atom. The Morgan fingerprint density at radius 1 is 1.43 bits per heavy atom. The molecule has 0 unspecified atom stereocenters. The first-order valence-electron chi connectivity index (χ1n) is 4.28. The van der Waals surface area contributed by atoms with Crippen molar-refractivity contribution in [3.8, 4) is 5.75 Å². The highest BCUT2D eigenvalue weighted by Crippen LogP contribution is 2.19. The molecule has 0 spiro atoms. The summed E-state index contributed by atoms with van der Waals surface area (Å²) >= 11 is 0. The van der Waals surface area contributed by atoms with Gasteiger partial charge in [-0.2, -0.15) is 0 Å². The Bertz CT molecular complexity index is 291. The van der Waals surface area contributed by atoms with Crippen molar-refractivity contribution in [3.63, 3.8) is 0 Å². The smallest absolute Gasteiger partial charge is 0.120 e. The number of hydrogen-bond donors (Lipinski definition) is 4. The van der Waals surface area contributed by atoms with Gasteiger partial charge < -0.3 is 16.2 Å². The van der Waals surface area contributed by atoms with Gasteiger partial charge in [-0.05, 0) is 18.2 Å². The fourth-order valence-corrected chi connectivity index (χ4v) is 1.09. The number of hydrogen-bond acceptors (Lipinski definition) is 5. The Kier molecular flexibility index (Phi) is 4.18. The molecular formula is C9H14N2O3. The first-order valence-corrected chi connectivity index (χ1v) is 4.28. The summed E-state index contributed by atoms with van der Waals surface area (Å²) < 4.78 is 0. The number of benzene rings is 1. The standard InChI is InChI=1S/C9H14N2O3/c10-8-1-2-9(12)7(5-8)6-11-3-4-14-13/h1-2,5,11-13H,3-4,6,10H2. The van der Waals surface area contributed by atoms with Crippen LogP contribution in [-0.4, -0.2) is 23.5 Å². The van der Waals surface area contributed by atoms with E-state index >= 15 is 0 Å². The van der Waals surface area contributed by atoms with Gasteiger partial charge in [-0.25, -0.2) is 4.89 Å². The van der Waals surface area contributed by atoms with E-state index in [2.05, 4.69) is 10.2 Å². The van der Waals surface area contributed by atoms with E-state index < -0.39 is 0 Å². The Balaban J connectivity index is 2.45. The fourth-order valence-electron chi connectivity index (χ4n) is 1.09. The monoisotopic (exact) mass is 198 g/mol. The molecule has 1 aromatic rings. The lowest BCUT2D eigenvalue weighted by Gasteiger charge is -2.06. The predicted octanol–water partition coefficient (Wildman–Crippen LogP) is 0.554. The molecule has 5 heteroatoms. The second-order valence-electron chi connectivity index (χ2n) is 2.90. The lowest BCUT2D eigenvalue weighted by molar-refractivity contribution is -0.240. The minimum absolute atomic E-state index is 0.205. The third-order valence-electron chi connectivity index (χ3n) is 1.79. The van der Waals surface area contributed by atoms with Crippen molar-refractivity contribution in [2.24, 2.45) is 0 Å². The highest BCUT2D eigenvalue weighted by molar-refractivity contribution is 5.47. The zero-order chi connectivity index (χ0) is 10.4. The number of nitrogens with two attached hydrogens (primary N) is 1. The van der Waals surface area contributed by atoms with Gasteiger partial charge in [-0.15, -0.1) is 0 Å². The maximum Gasteiger partial charge on any atom is 0.120 e. The molecule has 0 aromatic heterocycles. The topological polar surface area (TPSA) is 87.7 Å². The molecule has 78 valence electrons. The van der Waals surface area contributed by atoms with Crippen molar-refractivity contribution in [2.45, 2.75) is 6.54 Å². The summed E-state index contributed by atoms with van der Waals surface area (Å²) in [6, 6.07) is 4.88. The zero-order valence-electron chi connectivity index (χ0n) is 7.73. The molecule has 1 rings (SSSR count). The highest BCUT2D eigenvalue weighted by Gasteiger charge is 2.00. The molecule has 0 radical (unpaired) electrons. The summed E-state index contributed by atoms with van der Waals surface area (Å²) in [7, 11) is 0. The summed E-state index contributed by atoms with van der Waals surface area (Å²) in [5, 5.41) is 20.4. The van der Waals surface area contributed by atoms with Gasteiger partial charge in [0.15, 0.2) is 0 Å². The molecule has 0 aliphatic rings. The molecule has 0 saturated carbocycles. The maximum atomic E-state index is 9.42. The minimum atomic E-state index is 0.205. The SMILES string of the molecule is Nc1ccc(O)c(CNCCOO)c1. The number of phenols is 1. The number of phenolic OH excluding ortho intramolecular Hbond substituents is 1. The van der Waals surface area contributed by atoms with Crippen LogP contribution in [-0.2, 0) is 11.4 Å². The van der Waals surface area contributed by atoms with Crippen LogP contribution in [0.2, 0.25) is 0 Å². The van der Waals surface area contributed by atoms with Crippen molar-refractivity contribution >= 4 is 5.69 Å². The molecule has 5 nitrogen and oxygen atoms in total. The molecule has 0 fully saturated rings. The van der Waals surface area contributed by atoms with Crippen LogP contribution in [0.1, 0.15) is 5.56 Å². The third kappa shape index (κ3) is 3.21. The molecule has 5 N–H and O–H groups in total. The molecule has 0 bridgehead atoms. The van der Waals surface area contributed by atoms with Gasteiger partial charge in [0, 0.05) is 24.3 Å². The van der Waals surface area contributed by atoms with Crippen molar-refractivity contribution < 1.29 is 15.3 Å². The fraction of sp³-hybridized carbons (Fsp3) is 0.333. The summed E-state index contributed by atoms with van der Waals surface area (Å²) in [5.41, 5.74) is 6.89. The lowest BCUT2D eigenvalue weighted by atomic mass is 10.2. The minimum Gasteiger partial charge on any atom is -0.508 e. The van der Waals surface area contributed by atoms with Crippen LogP contribution in [0, 0.1) is 0 Å². The number of nitrogen functional groups attached to an aromatic ring is 1. The summed E-state index contributed by atoms with van der Waals surface area (Å²) in [4.78, 5) is 3.88. The molecule has 0 saturated heterocycles. The first kappa shape index (κ1) is 10.8. The molecule has 1 aromatic carbocycles. The van der Waals surface area contributed by atoms with E-state index in [-0.39, 0.29) is 12.4 Å². The van der Waals surface area contributed by atoms with Crippen LogP contribution in [0.15, 0.2) is 18.2 Å². The van der Waals surface area contributed by atoms with Crippen LogP contribution in [0.5, 0.6) is 5.75 Å². The second-order valence-corrected chi connectivity index (χ2v) is 2.90. The number of nitrogens with one attached hydrogen (secondary N) is 1. The second kappa shape index (κ2) is 5.43. The van der Waals surface area contributed by atoms with Gasteiger partial charge >= 0.3 is 0 Å². The normalized spacial score (nSPS) is 10.4. The van der Waals surface area contributed by atoms with Crippen molar-refractivity contribution in [1.82, 2.24) is 5.32 Å². The van der Waals surface area contributed by atoms with Crippen LogP contribution in [0.3, 0.4) is 0 Å². The summed E-state index contributed by atoms with van der Waals surface area (Å²) in [6.45, 7) is 1.20. The molecule has 0 heterocycles. The largest absolute Gasteiger partial charge is 0.508 e. The average Bonchev–Trinajstić information content (AvgIpc) is 2.18. The third-order valence-corrected chi connectivity index (χ3v) is 1.79. The summed E-state index contributed by atoms with van der Waals surface area (Å²) in [6.07, 6.45) is 0. The molecular weight excluding hydrogens is 184 g/mol. The van der Waals surface area contributed by atoms with E-state index in [1.807, 2.05) is 0 Å². The van der Waals surface area contributed by atoms with E-state index in [1.54, 1.807) is 18.2 Å². The Labute approximate surface area is 82.0 Å². The molecule has 0 aliphatic carbocycles. The average molecular weight is 198 g/mol.